The highest BCUT2D eigenvalue weighted by Crippen LogP contribution is 2.35. The van der Waals surface area contributed by atoms with Gasteiger partial charge in [-0.3, -0.25) is 38.4 Å². The molecule has 1 saturated heterocycles. The van der Waals surface area contributed by atoms with Crippen molar-refractivity contribution in [3.8, 4) is 0 Å². The van der Waals surface area contributed by atoms with Gasteiger partial charge in [0.1, 0.15) is 12.7 Å². The van der Waals surface area contributed by atoms with Gasteiger partial charge in [-0.25, -0.2) is 4.98 Å². The highest BCUT2D eigenvalue weighted by molar-refractivity contribution is 5.87. The molecule has 1 fully saturated rings. The topological polar surface area (TPSA) is 170 Å². The van der Waals surface area contributed by atoms with Crippen LogP contribution in [0.1, 0.15) is 33.9 Å². The van der Waals surface area contributed by atoms with Crippen molar-refractivity contribution in [2.24, 2.45) is 7.05 Å². The lowest BCUT2D eigenvalue weighted by Crippen LogP contribution is -2.40. The molecule has 2 aromatic rings. The molecule has 1 amide bonds. The molecule has 0 unspecified atom stereocenters. The van der Waals surface area contributed by atoms with Crippen molar-refractivity contribution in [2.45, 2.75) is 52.2 Å². The Kier molecular flexibility index (Phi) is 6.76. The van der Waals surface area contributed by atoms with Gasteiger partial charge in [0.2, 0.25) is 11.9 Å². The number of amides is 1. The second-order valence-electron chi connectivity index (χ2n) is 7.32. The molecule has 2 aromatic heterocycles. The number of anilines is 1. The molecule has 3 rings (SSSR count). The van der Waals surface area contributed by atoms with Gasteiger partial charge in [0, 0.05) is 34.7 Å². The maximum atomic E-state index is 12.7. The van der Waals surface area contributed by atoms with Gasteiger partial charge < -0.3 is 18.9 Å². The van der Waals surface area contributed by atoms with Crippen LogP contribution in [0.4, 0.5) is 5.95 Å². The van der Waals surface area contributed by atoms with Gasteiger partial charge in [0.05, 0.1) is 6.33 Å². The number of nitrogens with zero attached hydrogens (tertiary/aromatic N) is 4. The molecule has 0 spiro atoms. The highest BCUT2D eigenvalue weighted by Gasteiger charge is 2.51. The molecule has 1 aliphatic heterocycles. The van der Waals surface area contributed by atoms with E-state index in [2.05, 4.69) is 15.3 Å². The van der Waals surface area contributed by atoms with Crippen molar-refractivity contribution in [3.05, 3.63) is 16.7 Å². The monoisotopic (exact) mass is 465 g/mol. The average molecular weight is 465 g/mol. The Labute approximate surface area is 186 Å². The summed E-state index contributed by atoms with van der Waals surface area (Å²) in [5.41, 5.74) is -0.555. The van der Waals surface area contributed by atoms with E-state index >= 15 is 0 Å². The van der Waals surface area contributed by atoms with Crippen LogP contribution in [0.15, 0.2) is 11.1 Å². The Balaban J connectivity index is 2.11. The first kappa shape index (κ1) is 23.8. The number of esters is 3. The van der Waals surface area contributed by atoms with Crippen LogP contribution in [0.5, 0.6) is 0 Å². The van der Waals surface area contributed by atoms with Crippen molar-refractivity contribution >= 4 is 40.9 Å². The van der Waals surface area contributed by atoms with Crippen LogP contribution in [-0.2, 0) is 45.2 Å². The first-order chi connectivity index (χ1) is 15.5. The zero-order valence-electron chi connectivity index (χ0n) is 18.6. The summed E-state index contributed by atoms with van der Waals surface area (Å²) in [5, 5.41) is 2.45. The molecule has 0 radical (unpaired) electrons. The molecule has 0 aliphatic carbocycles. The summed E-state index contributed by atoms with van der Waals surface area (Å²) in [6, 6.07) is 0. The van der Waals surface area contributed by atoms with Gasteiger partial charge >= 0.3 is 17.9 Å². The van der Waals surface area contributed by atoms with Crippen LogP contribution in [0.3, 0.4) is 0 Å². The molecule has 0 saturated carbocycles. The van der Waals surface area contributed by atoms with Gasteiger partial charge in [0.25, 0.3) is 5.56 Å². The first-order valence-electron chi connectivity index (χ1n) is 9.84. The summed E-state index contributed by atoms with van der Waals surface area (Å²) in [6.07, 6.45) is -3.20. The lowest BCUT2D eigenvalue weighted by Gasteiger charge is -2.23. The zero-order valence-corrected chi connectivity index (χ0v) is 18.6. The van der Waals surface area contributed by atoms with E-state index in [1.807, 2.05) is 0 Å². The molecule has 33 heavy (non-hydrogen) atoms. The van der Waals surface area contributed by atoms with Crippen LogP contribution in [0, 0.1) is 0 Å². The van der Waals surface area contributed by atoms with E-state index in [1.165, 1.54) is 38.7 Å². The molecule has 0 bridgehead atoms. The number of carbonyl (C=O) groups is 4. The van der Waals surface area contributed by atoms with Gasteiger partial charge in [-0.05, 0) is 0 Å². The second-order valence-corrected chi connectivity index (χ2v) is 7.32. The van der Waals surface area contributed by atoms with Crippen LogP contribution < -0.4 is 10.9 Å². The third kappa shape index (κ3) is 5.00. The van der Waals surface area contributed by atoms with E-state index in [9.17, 15) is 24.0 Å². The number of aromatic nitrogens is 4. The number of hydrogen-bond donors (Lipinski definition) is 1. The first-order valence-corrected chi connectivity index (χ1v) is 9.84. The highest BCUT2D eigenvalue weighted by atomic mass is 16.7. The largest absolute Gasteiger partial charge is 0.463 e. The molecule has 3 heterocycles. The molecular weight excluding hydrogens is 442 g/mol. The number of rotatable bonds is 6. The minimum absolute atomic E-state index is 0.0266. The summed E-state index contributed by atoms with van der Waals surface area (Å²) in [6.45, 7) is 4.49. The Morgan fingerprint density at radius 3 is 2.27 bits per heavy atom. The fraction of sp³-hybridized carbons (Fsp3) is 0.526. The molecule has 178 valence electrons. The van der Waals surface area contributed by atoms with E-state index in [1.54, 1.807) is 0 Å². The van der Waals surface area contributed by atoms with Crippen LogP contribution in [0.2, 0.25) is 0 Å². The molecular formula is C19H23N5O9. The van der Waals surface area contributed by atoms with E-state index < -0.39 is 53.9 Å². The van der Waals surface area contributed by atoms with E-state index in [-0.39, 0.29) is 23.7 Å². The number of imidazole rings is 1. The SMILES string of the molecule is CC(=O)Nc1nc2c(ncn2[C@@H]2O[C@H](COC(C)=O)[C@@H](OC(C)=O)[C@H]2OC(C)=O)c(=O)n1C. The summed E-state index contributed by atoms with van der Waals surface area (Å²) in [7, 11) is 1.42. The third-order valence-electron chi connectivity index (χ3n) is 4.71. The van der Waals surface area contributed by atoms with Crippen molar-refractivity contribution in [1.29, 1.82) is 0 Å². The maximum Gasteiger partial charge on any atom is 0.303 e. The number of ether oxygens (including phenoxy) is 4. The Morgan fingerprint density at radius 1 is 1.06 bits per heavy atom. The molecule has 1 aliphatic rings. The van der Waals surface area contributed by atoms with E-state index in [0.29, 0.717) is 0 Å². The average Bonchev–Trinajstić information content (AvgIpc) is 3.25. The van der Waals surface area contributed by atoms with E-state index in [4.69, 9.17) is 18.9 Å². The van der Waals surface area contributed by atoms with Crippen molar-refractivity contribution in [2.75, 3.05) is 11.9 Å². The van der Waals surface area contributed by atoms with Crippen LogP contribution in [-0.4, -0.2) is 67.8 Å². The maximum absolute atomic E-state index is 12.7. The zero-order chi connectivity index (χ0) is 24.4. The summed E-state index contributed by atoms with van der Waals surface area (Å²) in [5.74, 6) is -2.45. The Morgan fingerprint density at radius 2 is 1.70 bits per heavy atom. The number of nitrogens with one attached hydrogen (secondary N) is 1. The predicted octanol–water partition coefficient (Wildman–Crippen LogP) is -0.588. The lowest BCUT2D eigenvalue weighted by molar-refractivity contribution is -0.166. The fourth-order valence-electron chi connectivity index (χ4n) is 3.42. The summed E-state index contributed by atoms with van der Waals surface area (Å²) < 4.78 is 24.1. The van der Waals surface area contributed by atoms with E-state index in [0.717, 1.165) is 11.5 Å². The molecule has 14 heteroatoms. The summed E-state index contributed by atoms with van der Waals surface area (Å²) in [4.78, 5) is 67.4. The minimum Gasteiger partial charge on any atom is -0.463 e. The molecule has 14 nitrogen and oxygen atoms in total. The van der Waals surface area contributed by atoms with Gasteiger partial charge in [-0.15, -0.1) is 0 Å². The summed E-state index contributed by atoms with van der Waals surface area (Å²) >= 11 is 0. The fourth-order valence-corrected chi connectivity index (χ4v) is 3.42. The van der Waals surface area contributed by atoms with Gasteiger partial charge in [-0.2, -0.15) is 4.98 Å². The third-order valence-corrected chi connectivity index (χ3v) is 4.71. The van der Waals surface area contributed by atoms with Gasteiger partial charge in [0.15, 0.2) is 29.6 Å². The Bertz CT molecular complexity index is 1170. The molecule has 0 aromatic carbocycles. The quantitative estimate of drug-likeness (QED) is 0.427. The minimum atomic E-state index is -1.18. The van der Waals surface area contributed by atoms with Crippen LogP contribution >= 0.6 is 0 Å². The number of carbonyl (C=O) groups excluding carboxylic acids is 4. The second kappa shape index (κ2) is 9.36. The normalized spacial score (nSPS) is 22.1. The van der Waals surface area contributed by atoms with Crippen molar-refractivity contribution < 1.29 is 38.1 Å². The number of fused-ring (bicyclic) bond motifs is 1. The lowest BCUT2D eigenvalue weighted by atomic mass is 10.1. The smallest absolute Gasteiger partial charge is 0.303 e. The van der Waals surface area contributed by atoms with Crippen molar-refractivity contribution in [3.63, 3.8) is 0 Å². The predicted molar refractivity (Wildman–Crippen MR) is 109 cm³/mol. The standard InChI is InChI=1S/C19H23N5O9/c1-8(25)21-19-22-16-13(17(29)23(19)5)20-7-24(16)18-15(32-11(4)28)14(31-10(3)27)12(33-18)6-30-9(2)26/h7,12,14-15,18H,6H2,1-5H3,(H,21,22,25)/t12-,14-,15-,18-/m1/s1. The van der Waals surface area contributed by atoms with Crippen molar-refractivity contribution in [1.82, 2.24) is 19.1 Å². The molecule has 4 atom stereocenters. The van der Waals surface area contributed by atoms with Crippen LogP contribution in [0.25, 0.3) is 11.2 Å². The number of hydrogen-bond acceptors (Lipinski definition) is 11. The Hall–Kier alpha value is -3.81. The van der Waals surface area contributed by atoms with Gasteiger partial charge in [-0.1, -0.05) is 0 Å². The molecule has 1 N–H and O–H groups in total.